The Morgan fingerprint density at radius 3 is 2.67 bits per heavy atom. The molecule has 0 saturated carbocycles. The lowest BCUT2D eigenvalue weighted by Gasteiger charge is -2.31. The number of ether oxygens (including phenoxy) is 2. The number of fused-ring (bicyclic) bond motifs is 1. The van der Waals surface area contributed by atoms with E-state index in [9.17, 15) is 9.59 Å². The van der Waals surface area contributed by atoms with Crippen LogP contribution in [0, 0.1) is 5.92 Å². The number of methoxy groups -OCH3 is 2. The quantitative estimate of drug-likeness (QED) is 0.544. The molecule has 0 bridgehead atoms. The molecule has 2 heterocycles. The van der Waals surface area contributed by atoms with Crippen molar-refractivity contribution in [2.75, 3.05) is 32.6 Å². The monoisotopic (exact) mass is 447 g/mol. The van der Waals surface area contributed by atoms with E-state index in [4.69, 9.17) is 14.5 Å². The third kappa shape index (κ3) is 5.14. The fourth-order valence-electron chi connectivity index (χ4n) is 4.45. The Morgan fingerprint density at radius 1 is 1.09 bits per heavy atom. The highest BCUT2D eigenvalue weighted by atomic mass is 16.5. The summed E-state index contributed by atoms with van der Waals surface area (Å²) in [5.74, 6) is 1.14. The number of benzene rings is 2. The minimum Gasteiger partial charge on any atom is -0.493 e. The van der Waals surface area contributed by atoms with Crippen LogP contribution in [-0.4, -0.2) is 48.9 Å². The average Bonchev–Trinajstić information content (AvgIpc) is 2.83. The summed E-state index contributed by atoms with van der Waals surface area (Å²) in [5.41, 5.74) is 3.20. The van der Waals surface area contributed by atoms with E-state index in [-0.39, 0.29) is 17.6 Å². The lowest BCUT2D eigenvalue weighted by molar-refractivity contribution is -0.114. The third-order valence-corrected chi connectivity index (χ3v) is 6.03. The molecule has 1 amide bonds. The number of aromatic nitrogens is 1. The van der Waals surface area contributed by atoms with Crippen molar-refractivity contribution in [3.05, 3.63) is 59.8 Å². The van der Waals surface area contributed by atoms with Crippen LogP contribution >= 0.6 is 0 Å². The number of carbonyl (C=O) groups excluding carboxylic acids is 2. The van der Waals surface area contributed by atoms with Gasteiger partial charge in [-0.05, 0) is 61.9 Å². The lowest BCUT2D eigenvalue weighted by atomic mass is 9.89. The largest absolute Gasteiger partial charge is 0.493 e. The van der Waals surface area contributed by atoms with Gasteiger partial charge in [-0.1, -0.05) is 6.07 Å². The number of Topliss-reactive ketones (excluding diaryl/α,β-unsaturated/α-hetero) is 1. The molecule has 1 fully saturated rings. The van der Waals surface area contributed by atoms with Crippen molar-refractivity contribution < 1.29 is 19.1 Å². The zero-order chi connectivity index (χ0) is 23.4. The number of rotatable bonds is 7. The van der Waals surface area contributed by atoms with Gasteiger partial charge in [0.15, 0.2) is 17.3 Å². The first-order chi connectivity index (χ1) is 16.0. The van der Waals surface area contributed by atoms with Gasteiger partial charge in [0.05, 0.1) is 31.1 Å². The number of ketones is 1. The zero-order valence-electron chi connectivity index (χ0n) is 19.3. The lowest BCUT2D eigenvalue weighted by Crippen LogP contribution is -2.38. The molecule has 1 aliphatic rings. The Morgan fingerprint density at radius 2 is 1.91 bits per heavy atom. The van der Waals surface area contributed by atoms with Crippen LogP contribution < -0.4 is 14.8 Å². The van der Waals surface area contributed by atoms with Crippen molar-refractivity contribution >= 4 is 28.3 Å². The first kappa shape index (κ1) is 22.7. The van der Waals surface area contributed by atoms with Crippen molar-refractivity contribution in [3.63, 3.8) is 0 Å². The molecule has 1 atom stereocenters. The summed E-state index contributed by atoms with van der Waals surface area (Å²) < 4.78 is 10.6. The summed E-state index contributed by atoms with van der Waals surface area (Å²) in [6.45, 7) is 3.80. The second-order valence-electron chi connectivity index (χ2n) is 8.36. The molecule has 1 aromatic heterocycles. The highest BCUT2D eigenvalue weighted by Gasteiger charge is 2.27. The van der Waals surface area contributed by atoms with E-state index < -0.39 is 0 Å². The van der Waals surface area contributed by atoms with Crippen LogP contribution in [0.1, 0.15) is 35.8 Å². The molecule has 2 aromatic carbocycles. The Hall–Kier alpha value is -3.45. The summed E-state index contributed by atoms with van der Waals surface area (Å²) >= 11 is 0. The van der Waals surface area contributed by atoms with Crippen LogP contribution in [0.25, 0.3) is 10.9 Å². The van der Waals surface area contributed by atoms with Crippen molar-refractivity contribution in [1.29, 1.82) is 0 Å². The van der Waals surface area contributed by atoms with Gasteiger partial charge in [-0.15, -0.1) is 0 Å². The summed E-state index contributed by atoms with van der Waals surface area (Å²) in [5, 5.41) is 3.77. The third-order valence-electron chi connectivity index (χ3n) is 6.03. The van der Waals surface area contributed by atoms with E-state index in [1.807, 2.05) is 30.3 Å². The fraction of sp³-hybridized carbons (Fsp3) is 0.346. The van der Waals surface area contributed by atoms with Crippen LogP contribution in [0.2, 0.25) is 0 Å². The van der Waals surface area contributed by atoms with Gasteiger partial charge in [-0.25, -0.2) is 0 Å². The van der Waals surface area contributed by atoms with Gasteiger partial charge in [0.1, 0.15) is 0 Å². The molecule has 4 rings (SSSR count). The molecule has 3 aromatic rings. The molecule has 1 unspecified atom stereocenters. The Kier molecular flexibility index (Phi) is 6.89. The van der Waals surface area contributed by atoms with Crippen LogP contribution in [0.5, 0.6) is 11.5 Å². The van der Waals surface area contributed by atoms with Gasteiger partial charge in [0.2, 0.25) is 5.91 Å². The Labute approximate surface area is 193 Å². The number of likely N-dealkylation sites (tertiary alicyclic amines) is 1. The summed E-state index contributed by atoms with van der Waals surface area (Å²) in [6.07, 6.45) is 1.83. The minimum absolute atomic E-state index is 0.0660. The second-order valence-corrected chi connectivity index (χ2v) is 8.36. The van der Waals surface area contributed by atoms with Gasteiger partial charge in [-0.2, -0.15) is 0 Å². The Bertz CT molecular complexity index is 1180. The van der Waals surface area contributed by atoms with Crippen molar-refractivity contribution in [2.24, 2.45) is 5.92 Å². The zero-order valence-corrected chi connectivity index (χ0v) is 19.3. The number of piperidine rings is 1. The van der Waals surface area contributed by atoms with Gasteiger partial charge in [-0.3, -0.25) is 19.5 Å². The van der Waals surface area contributed by atoms with Gasteiger partial charge in [0.25, 0.3) is 0 Å². The molecule has 172 valence electrons. The topological polar surface area (TPSA) is 80.8 Å². The van der Waals surface area contributed by atoms with Crippen molar-refractivity contribution in [2.45, 2.75) is 26.3 Å². The predicted octanol–water partition coefficient (Wildman–Crippen LogP) is 4.31. The SMILES string of the molecule is COc1ccc(C(=O)C2CCCN(Cc3ccc4c(NC(C)=O)cccc4n3)C2)cc1OC. The molecule has 0 spiro atoms. The minimum atomic E-state index is -0.106. The van der Waals surface area contributed by atoms with E-state index >= 15 is 0 Å². The second kappa shape index (κ2) is 10.0. The maximum Gasteiger partial charge on any atom is 0.221 e. The number of nitrogens with one attached hydrogen (secondary N) is 1. The molecule has 7 nitrogen and oxygen atoms in total. The van der Waals surface area contributed by atoms with Crippen LogP contribution in [-0.2, 0) is 11.3 Å². The van der Waals surface area contributed by atoms with Gasteiger partial charge < -0.3 is 14.8 Å². The summed E-state index contributed by atoms with van der Waals surface area (Å²) in [6, 6.07) is 15.1. The highest BCUT2D eigenvalue weighted by Crippen LogP contribution is 2.30. The van der Waals surface area contributed by atoms with Gasteiger partial charge in [0, 0.05) is 36.9 Å². The molecular formula is C26H29N3O4. The molecule has 1 N–H and O–H groups in total. The van der Waals surface area contributed by atoms with E-state index in [1.165, 1.54) is 6.92 Å². The van der Waals surface area contributed by atoms with Crippen LogP contribution in [0.4, 0.5) is 5.69 Å². The standard InChI is InChI=1S/C26H29N3O4/c1-17(30)27-22-7-4-8-23-21(22)11-10-20(28-23)16-29-13-5-6-19(15-29)26(31)18-9-12-24(32-2)25(14-18)33-3/h4,7-12,14,19H,5-6,13,15-16H2,1-3H3,(H,27,30). The van der Waals surface area contributed by atoms with Gasteiger partial charge >= 0.3 is 0 Å². The number of nitrogens with zero attached hydrogens (tertiary/aromatic N) is 2. The molecule has 1 aliphatic heterocycles. The number of hydrogen-bond donors (Lipinski definition) is 1. The molecule has 1 saturated heterocycles. The molecule has 33 heavy (non-hydrogen) atoms. The van der Waals surface area contributed by atoms with Crippen LogP contribution in [0.15, 0.2) is 48.5 Å². The number of carbonyl (C=O) groups is 2. The number of amides is 1. The summed E-state index contributed by atoms with van der Waals surface area (Å²) in [4.78, 5) is 31.7. The maximum absolute atomic E-state index is 13.2. The van der Waals surface area contributed by atoms with Crippen molar-refractivity contribution in [1.82, 2.24) is 9.88 Å². The Balaban J connectivity index is 1.47. The number of anilines is 1. The molecule has 0 radical (unpaired) electrons. The maximum atomic E-state index is 13.2. The number of pyridine rings is 1. The molecule has 0 aliphatic carbocycles. The predicted molar refractivity (Wildman–Crippen MR) is 128 cm³/mol. The number of hydrogen-bond acceptors (Lipinski definition) is 6. The van der Waals surface area contributed by atoms with E-state index in [2.05, 4.69) is 10.2 Å². The normalized spacial score (nSPS) is 16.4. The highest BCUT2D eigenvalue weighted by molar-refractivity contribution is 6.00. The smallest absolute Gasteiger partial charge is 0.221 e. The van der Waals surface area contributed by atoms with E-state index in [0.717, 1.165) is 41.7 Å². The van der Waals surface area contributed by atoms with E-state index in [0.29, 0.717) is 30.2 Å². The fourth-order valence-corrected chi connectivity index (χ4v) is 4.45. The average molecular weight is 448 g/mol. The molecular weight excluding hydrogens is 418 g/mol. The first-order valence-electron chi connectivity index (χ1n) is 11.1. The van der Waals surface area contributed by atoms with Crippen LogP contribution in [0.3, 0.4) is 0 Å². The van der Waals surface area contributed by atoms with E-state index in [1.54, 1.807) is 32.4 Å². The molecule has 7 heteroatoms. The van der Waals surface area contributed by atoms with Crippen molar-refractivity contribution in [3.8, 4) is 11.5 Å². The summed E-state index contributed by atoms with van der Waals surface area (Å²) in [7, 11) is 3.16. The first-order valence-corrected chi connectivity index (χ1v) is 11.1.